The van der Waals surface area contributed by atoms with Crippen LogP contribution in [0.15, 0.2) is 30.3 Å². The third-order valence-electron chi connectivity index (χ3n) is 4.19. The minimum atomic E-state index is 0.147. The number of benzene rings is 1. The van der Waals surface area contributed by atoms with Gasteiger partial charge in [0.15, 0.2) is 0 Å². The highest BCUT2D eigenvalue weighted by Crippen LogP contribution is 2.28. The molecule has 1 aliphatic rings. The van der Waals surface area contributed by atoms with Gasteiger partial charge in [0.1, 0.15) is 0 Å². The molecule has 1 aliphatic carbocycles. The molecule has 2 unspecified atom stereocenters. The minimum Gasteiger partial charge on any atom is -0.336 e. The molecule has 3 heteroatoms. The lowest BCUT2D eigenvalue weighted by atomic mass is 9.83. The second kappa shape index (κ2) is 6.71. The number of carbonyl (C=O) groups is 1. The van der Waals surface area contributed by atoms with Crippen LogP contribution in [0.2, 0.25) is 0 Å². The maximum absolute atomic E-state index is 12.6. The van der Waals surface area contributed by atoms with E-state index in [0.29, 0.717) is 18.5 Å². The summed E-state index contributed by atoms with van der Waals surface area (Å²) in [5, 5.41) is 0. The van der Waals surface area contributed by atoms with Gasteiger partial charge in [0.2, 0.25) is 0 Å². The van der Waals surface area contributed by atoms with Crippen molar-refractivity contribution in [3.05, 3.63) is 35.9 Å². The zero-order valence-corrected chi connectivity index (χ0v) is 11.7. The van der Waals surface area contributed by atoms with Crippen LogP contribution in [0.5, 0.6) is 0 Å². The van der Waals surface area contributed by atoms with Crippen molar-refractivity contribution in [2.24, 2.45) is 11.7 Å². The molecule has 1 fully saturated rings. The number of nitrogens with zero attached hydrogens (tertiary/aromatic N) is 1. The Morgan fingerprint density at radius 2 is 1.95 bits per heavy atom. The molecule has 0 spiro atoms. The quantitative estimate of drug-likeness (QED) is 0.904. The molecule has 2 atom stereocenters. The van der Waals surface area contributed by atoms with Gasteiger partial charge < -0.3 is 10.6 Å². The molecule has 2 N–H and O–H groups in total. The summed E-state index contributed by atoms with van der Waals surface area (Å²) in [4.78, 5) is 14.6. The Morgan fingerprint density at radius 3 is 2.58 bits per heavy atom. The Labute approximate surface area is 115 Å². The lowest BCUT2D eigenvalue weighted by Crippen LogP contribution is -2.48. The fourth-order valence-electron chi connectivity index (χ4n) is 3.15. The number of nitrogens with two attached hydrogens (primary N) is 1. The number of amides is 1. The molecule has 0 aromatic heterocycles. The first-order valence-electron chi connectivity index (χ1n) is 7.34. The second-order valence-electron chi connectivity index (χ2n) is 5.30. The SMILES string of the molecule is CCN(C(=O)c1ccccc1)C1CCCCC1CN. The molecule has 0 heterocycles. The summed E-state index contributed by atoms with van der Waals surface area (Å²) in [6.07, 6.45) is 4.70. The van der Waals surface area contributed by atoms with Gasteiger partial charge in [-0.3, -0.25) is 4.79 Å². The van der Waals surface area contributed by atoms with Crippen molar-refractivity contribution in [2.75, 3.05) is 13.1 Å². The molecular formula is C16H24N2O. The molecular weight excluding hydrogens is 236 g/mol. The highest BCUT2D eigenvalue weighted by Gasteiger charge is 2.31. The maximum Gasteiger partial charge on any atom is 0.254 e. The van der Waals surface area contributed by atoms with Crippen molar-refractivity contribution in [1.29, 1.82) is 0 Å². The molecule has 104 valence electrons. The van der Waals surface area contributed by atoms with Crippen LogP contribution in [0.3, 0.4) is 0 Å². The monoisotopic (exact) mass is 260 g/mol. The van der Waals surface area contributed by atoms with Crippen LogP contribution in [0.1, 0.15) is 43.0 Å². The van der Waals surface area contributed by atoms with E-state index >= 15 is 0 Å². The number of carbonyl (C=O) groups excluding carboxylic acids is 1. The molecule has 0 saturated heterocycles. The van der Waals surface area contributed by atoms with Crippen LogP contribution in [-0.2, 0) is 0 Å². The molecule has 1 aromatic rings. The van der Waals surface area contributed by atoms with Crippen LogP contribution in [-0.4, -0.2) is 29.9 Å². The van der Waals surface area contributed by atoms with Crippen LogP contribution >= 0.6 is 0 Å². The third kappa shape index (κ3) is 3.16. The molecule has 0 radical (unpaired) electrons. The van der Waals surface area contributed by atoms with E-state index in [9.17, 15) is 4.79 Å². The minimum absolute atomic E-state index is 0.147. The highest BCUT2D eigenvalue weighted by molar-refractivity contribution is 5.94. The van der Waals surface area contributed by atoms with Gasteiger partial charge in [-0.05, 0) is 44.4 Å². The highest BCUT2D eigenvalue weighted by atomic mass is 16.2. The molecule has 0 bridgehead atoms. The van der Waals surface area contributed by atoms with Gasteiger partial charge in [-0.2, -0.15) is 0 Å². The van der Waals surface area contributed by atoms with E-state index in [1.807, 2.05) is 35.2 Å². The molecule has 1 amide bonds. The first-order chi connectivity index (χ1) is 9.27. The summed E-state index contributed by atoms with van der Waals surface area (Å²) in [5.41, 5.74) is 6.67. The van der Waals surface area contributed by atoms with E-state index in [0.717, 1.165) is 24.9 Å². The first kappa shape index (κ1) is 14.1. The van der Waals surface area contributed by atoms with Crippen LogP contribution < -0.4 is 5.73 Å². The van der Waals surface area contributed by atoms with E-state index in [1.54, 1.807) is 0 Å². The lowest BCUT2D eigenvalue weighted by Gasteiger charge is -2.39. The van der Waals surface area contributed by atoms with Crippen LogP contribution in [0, 0.1) is 5.92 Å². The summed E-state index contributed by atoms with van der Waals surface area (Å²) in [7, 11) is 0. The van der Waals surface area contributed by atoms with Crippen LogP contribution in [0.25, 0.3) is 0 Å². The fraction of sp³-hybridized carbons (Fsp3) is 0.562. The van der Waals surface area contributed by atoms with Gasteiger partial charge in [0, 0.05) is 18.2 Å². The van der Waals surface area contributed by atoms with E-state index in [1.165, 1.54) is 12.8 Å². The van der Waals surface area contributed by atoms with Crippen molar-refractivity contribution in [2.45, 2.75) is 38.6 Å². The second-order valence-corrected chi connectivity index (χ2v) is 5.30. The lowest BCUT2D eigenvalue weighted by molar-refractivity contribution is 0.0560. The Hall–Kier alpha value is -1.35. The maximum atomic E-state index is 12.6. The van der Waals surface area contributed by atoms with Crippen molar-refractivity contribution >= 4 is 5.91 Å². The largest absolute Gasteiger partial charge is 0.336 e. The smallest absolute Gasteiger partial charge is 0.254 e. The van der Waals surface area contributed by atoms with Gasteiger partial charge in [-0.1, -0.05) is 31.0 Å². The zero-order valence-electron chi connectivity index (χ0n) is 11.7. The molecule has 1 aromatic carbocycles. The van der Waals surface area contributed by atoms with Crippen molar-refractivity contribution < 1.29 is 4.79 Å². The normalized spacial score (nSPS) is 23.1. The van der Waals surface area contributed by atoms with Gasteiger partial charge in [-0.25, -0.2) is 0 Å². The average Bonchev–Trinajstić information content (AvgIpc) is 2.49. The molecule has 19 heavy (non-hydrogen) atoms. The molecule has 3 nitrogen and oxygen atoms in total. The average molecular weight is 260 g/mol. The van der Waals surface area contributed by atoms with Gasteiger partial charge >= 0.3 is 0 Å². The zero-order chi connectivity index (χ0) is 13.7. The number of hydrogen-bond acceptors (Lipinski definition) is 2. The fourth-order valence-corrected chi connectivity index (χ4v) is 3.15. The first-order valence-corrected chi connectivity index (χ1v) is 7.34. The van der Waals surface area contributed by atoms with Crippen molar-refractivity contribution in [3.8, 4) is 0 Å². The standard InChI is InChI=1S/C16H24N2O/c1-2-18(15-11-7-6-10-14(15)12-17)16(19)13-8-4-3-5-9-13/h3-5,8-9,14-15H,2,6-7,10-12,17H2,1H3. The Bertz CT molecular complexity index is 404. The van der Waals surface area contributed by atoms with E-state index < -0.39 is 0 Å². The molecule has 2 rings (SSSR count). The Balaban J connectivity index is 2.16. The van der Waals surface area contributed by atoms with E-state index in [-0.39, 0.29) is 5.91 Å². The van der Waals surface area contributed by atoms with Crippen LogP contribution in [0.4, 0.5) is 0 Å². The number of rotatable bonds is 4. The summed E-state index contributed by atoms with van der Waals surface area (Å²) in [6, 6.07) is 9.88. The Kier molecular flexibility index (Phi) is 4.97. The summed E-state index contributed by atoms with van der Waals surface area (Å²) < 4.78 is 0. The summed E-state index contributed by atoms with van der Waals surface area (Å²) in [5.74, 6) is 0.606. The van der Waals surface area contributed by atoms with Gasteiger partial charge in [0.05, 0.1) is 0 Å². The Morgan fingerprint density at radius 1 is 1.26 bits per heavy atom. The summed E-state index contributed by atoms with van der Waals surface area (Å²) >= 11 is 0. The van der Waals surface area contributed by atoms with E-state index in [4.69, 9.17) is 5.73 Å². The van der Waals surface area contributed by atoms with Gasteiger partial charge in [-0.15, -0.1) is 0 Å². The molecule has 1 saturated carbocycles. The van der Waals surface area contributed by atoms with Crippen molar-refractivity contribution in [3.63, 3.8) is 0 Å². The van der Waals surface area contributed by atoms with E-state index in [2.05, 4.69) is 6.92 Å². The number of hydrogen-bond donors (Lipinski definition) is 1. The predicted molar refractivity (Wildman–Crippen MR) is 78.0 cm³/mol. The molecule has 0 aliphatic heterocycles. The predicted octanol–water partition coefficient (Wildman–Crippen LogP) is 2.67. The van der Waals surface area contributed by atoms with Crippen molar-refractivity contribution in [1.82, 2.24) is 4.90 Å². The van der Waals surface area contributed by atoms with Gasteiger partial charge in [0.25, 0.3) is 5.91 Å². The third-order valence-corrected chi connectivity index (χ3v) is 4.19. The topological polar surface area (TPSA) is 46.3 Å². The summed E-state index contributed by atoms with van der Waals surface area (Å²) in [6.45, 7) is 3.50.